The van der Waals surface area contributed by atoms with Crippen molar-refractivity contribution in [2.24, 2.45) is 0 Å². The van der Waals surface area contributed by atoms with Gasteiger partial charge in [0.2, 0.25) is 0 Å². The molecule has 1 saturated heterocycles. The summed E-state index contributed by atoms with van der Waals surface area (Å²) < 4.78 is 14.8. The van der Waals surface area contributed by atoms with Gasteiger partial charge >= 0.3 is 0 Å². The van der Waals surface area contributed by atoms with E-state index in [2.05, 4.69) is 31.2 Å². The molecule has 0 aromatic carbocycles. The predicted octanol–water partition coefficient (Wildman–Crippen LogP) is 4.45. The van der Waals surface area contributed by atoms with Crippen LogP contribution in [0, 0.1) is 17.1 Å². The summed E-state index contributed by atoms with van der Waals surface area (Å²) in [5.41, 5.74) is 0.560. The van der Waals surface area contributed by atoms with Gasteiger partial charge in [0.25, 0.3) is 0 Å². The van der Waals surface area contributed by atoms with Gasteiger partial charge in [0.05, 0.1) is 5.56 Å². The number of piperidine rings is 1. The Kier molecular flexibility index (Phi) is 5.69. The van der Waals surface area contributed by atoms with Gasteiger partial charge in [-0.25, -0.2) is 19.3 Å². The van der Waals surface area contributed by atoms with Crippen LogP contribution in [0.4, 0.5) is 21.2 Å². The molecule has 0 saturated carbocycles. The fourth-order valence-electron chi connectivity index (χ4n) is 3.01. The van der Waals surface area contributed by atoms with Crippen molar-refractivity contribution in [3.63, 3.8) is 0 Å². The minimum atomic E-state index is -0.334. The minimum Gasteiger partial charge on any atom is -0.357 e. The van der Waals surface area contributed by atoms with Crippen molar-refractivity contribution in [2.45, 2.75) is 23.0 Å². The molecule has 1 aliphatic rings. The van der Waals surface area contributed by atoms with Gasteiger partial charge in [-0.2, -0.15) is 5.26 Å². The second-order valence-electron chi connectivity index (χ2n) is 6.26. The van der Waals surface area contributed by atoms with Crippen molar-refractivity contribution < 1.29 is 4.39 Å². The van der Waals surface area contributed by atoms with E-state index in [9.17, 15) is 4.39 Å². The number of rotatable bonds is 5. The summed E-state index contributed by atoms with van der Waals surface area (Å²) in [6.07, 6.45) is 6.75. The average Bonchev–Trinajstić information content (AvgIpc) is 3.25. The molecule has 1 aliphatic heterocycles. The zero-order valence-electron chi connectivity index (χ0n) is 14.9. The zero-order valence-corrected chi connectivity index (χ0v) is 16.5. The third kappa shape index (κ3) is 4.24. The Balaban J connectivity index is 1.37. The molecular formula is C19H17FN6S2. The lowest BCUT2D eigenvalue weighted by atomic mass is 10.1. The van der Waals surface area contributed by atoms with Crippen LogP contribution in [0.15, 0.2) is 47.1 Å². The highest BCUT2D eigenvalue weighted by Crippen LogP contribution is 2.35. The van der Waals surface area contributed by atoms with Crippen LogP contribution in [0.3, 0.4) is 0 Å². The summed E-state index contributed by atoms with van der Waals surface area (Å²) in [6, 6.07) is 7.47. The fourth-order valence-corrected chi connectivity index (χ4v) is 4.69. The van der Waals surface area contributed by atoms with E-state index in [1.54, 1.807) is 42.5 Å². The molecule has 0 atom stereocenters. The third-order valence-electron chi connectivity index (χ3n) is 4.45. The van der Waals surface area contributed by atoms with E-state index in [0.29, 0.717) is 20.8 Å². The van der Waals surface area contributed by atoms with Crippen LogP contribution in [0.2, 0.25) is 0 Å². The van der Waals surface area contributed by atoms with E-state index < -0.39 is 0 Å². The Hall–Kier alpha value is -2.70. The molecule has 0 unspecified atom stereocenters. The van der Waals surface area contributed by atoms with Gasteiger partial charge in [0, 0.05) is 47.2 Å². The highest BCUT2D eigenvalue weighted by molar-refractivity contribution is 8.00. The zero-order chi connectivity index (χ0) is 19.3. The SMILES string of the molecule is N#Cc1ccc(N2CCC(Sc3ccnc(Nc4nccs4)c3F)CC2)nc1. The van der Waals surface area contributed by atoms with E-state index in [1.807, 2.05) is 11.4 Å². The Morgan fingerprint density at radius 2 is 2.04 bits per heavy atom. The van der Waals surface area contributed by atoms with Crippen LogP contribution in [-0.4, -0.2) is 33.3 Å². The summed E-state index contributed by atoms with van der Waals surface area (Å²) in [4.78, 5) is 15.4. The molecule has 4 heterocycles. The maximum atomic E-state index is 14.8. The molecule has 28 heavy (non-hydrogen) atoms. The van der Waals surface area contributed by atoms with Crippen LogP contribution in [0.1, 0.15) is 18.4 Å². The number of thioether (sulfide) groups is 1. The number of nitriles is 1. The maximum absolute atomic E-state index is 14.8. The number of halogens is 1. The summed E-state index contributed by atoms with van der Waals surface area (Å²) in [6.45, 7) is 1.71. The largest absolute Gasteiger partial charge is 0.357 e. The Bertz CT molecular complexity index is 963. The van der Waals surface area contributed by atoms with Crippen LogP contribution in [0.25, 0.3) is 0 Å². The first kappa shape index (κ1) is 18.7. The fraction of sp³-hybridized carbons (Fsp3) is 0.263. The molecule has 6 nitrogen and oxygen atoms in total. The van der Waals surface area contributed by atoms with Gasteiger partial charge in [0.15, 0.2) is 16.8 Å². The van der Waals surface area contributed by atoms with Gasteiger partial charge in [0.1, 0.15) is 11.9 Å². The van der Waals surface area contributed by atoms with Gasteiger partial charge < -0.3 is 10.2 Å². The van der Waals surface area contributed by atoms with Crippen molar-refractivity contribution in [3.8, 4) is 6.07 Å². The summed E-state index contributed by atoms with van der Waals surface area (Å²) in [5.74, 6) is 0.755. The van der Waals surface area contributed by atoms with Crippen molar-refractivity contribution in [2.75, 3.05) is 23.3 Å². The third-order valence-corrected chi connectivity index (χ3v) is 6.51. The van der Waals surface area contributed by atoms with E-state index >= 15 is 0 Å². The number of pyridine rings is 2. The molecule has 0 radical (unpaired) electrons. The molecule has 1 fully saturated rings. The topological polar surface area (TPSA) is 77.7 Å². The predicted molar refractivity (Wildman–Crippen MR) is 110 cm³/mol. The molecule has 0 bridgehead atoms. The normalized spacial score (nSPS) is 14.6. The van der Waals surface area contributed by atoms with Crippen LogP contribution in [-0.2, 0) is 0 Å². The van der Waals surface area contributed by atoms with Crippen molar-refractivity contribution in [3.05, 3.63) is 53.6 Å². The van der Waals surface area contributed by atoms with E-state index in [1.165, 1.54) is 11.3 Å². The number of nitrogens with one attached hydrogen (secondary N) is 1. The van der Waals surface area contributed by atoms with Crippen LogP contribution >= 0.6 is 23.1 Å². The highest BCUT2D eigenvalue weighted by atomic mass is 32.2. The highest BCUT2D eigenvalue weighted by Gasteiger charge is 2.23. The number of hydrogen-bond acceptors (Lipinski definition) is 8. The first-order chi connectivity index (χ1) is 13.7. The van der Waals surface area contributed by atoms with Crippen molar-refractivity contribution in [1.29, 1.82) is 5.26 Å². The van der Waals surface area contributed by atoms with Gasteiger partial charge in [-0.3, -0.25) is 0 Å². The molecule has 4 rings (SSSR count). The smallest absolute Gasteiger partial charge is 0.188 e. The number of aromatic nitrogens is 3. The number of thiazole rings is 1. The van der Waals surface area contributed by atoms with E-state index in [0.717, 1.165) is 31.7 Å². The van der Waals surface area contributed by atoms with E-state index in [4.69, 9.17) is 5.26 Å². The van der Waals surface area contributed by atoms with Crippen LogP contribution in [0.5, 0.6) is 0 Å². The van der Waals surface area contributed by atoms with Gasteiger partial charge in [-0.15, -0.1) is 23.1 Å². The standard InChI is InChI=1S/C19H17FN6S2/c20-17-15(3-6-22-18(17)25-19-23-7-10-27-19)28-14-4-8-26(9-5-14)16-2-1-13(11-21)12-24-16/h1-3,6-7,10,12,14H,4-5,8-9H2,(H,22,23,25). The molecule has 0 spiro atoms. The second kappa shape index (κ2) is 8.54. The van der Waals surface area contributed by atoms with Gasteiger partial charge in [-0.05, 0) is 31.0 Å². The lowest BCUT2D eigenvalue weighted by molar-refractivity contribution is 0.579. The number of nitrogens with zero attached hydrogens (tertiary/aromatic N) is 5. The molecule has 9 heteroatoms. The quantitative estimate of drug-likeness (QED) is 0.663. The average molecular weight is 413 g/mol. The molecular weight excluding hydrogens is 395 g/mol. The monoisotopic (exact) mass is 412 g/mol. The summed E-state index contributed by atoms with van der Waals surface area (Å²) in [5, 5.41) is 14.6. The van der Waals surface area contributed by atoms with Crippen molar-refractivity contribution >= 4 is 39.9 Å². The number of hydrogen-bond donors (Lipinski definition) is 1. The Morgan fingerprint density at radius 3 is 2.71 bits per heavy atom. The molecule has 3 aromatic heterocycles. The van der Waals surface area contributed by atoms with Crippen molar-refractivity contribution in [1.82, 2.24) is 15.0 Å². The van der Waals surface area contributed by atoms with Gasteiger partial charge in [-0.1, -0.05) is 0 Å². The molecule has 142 valence electrons. The van der Waals surface area contributed by atoms with Crippen LogP contribution < -0.4 is 10.2 Å². The first-order valence-electron chi connectivity index (χ1n) is 8.81. The molecule has 0 amide bonds. The minimum absolute atomic E-state index is 0.208. The lowest BCUT2D eigenvalue weighted by Crippen LogP contribution is -2.35. The summed E-state index contributed by atoms with van der Waals surface area (Å²) >= 11 is 2.96. The Morgan fingerprint density at radius 1 is 1.18 bits per heavy atom. The lowest BCUT2D eigenvalue weighted by Gasteiger charge is -2.32. The molecule has 3 aromatic rings. The first-order valence-corrected chi connectivity index (χ1v) is 10.6. The Labute approximate surface area is 170 Å². The molecule has 1 N–H and O–H groups in total. The maximum Gasteiger partial charge on any atom is 0.188 e. The molecule has 0 aliphatic carbocycles. The number of anilines is 3. The second-order valence-corrected chi connectivity index (χ2v) is 8.49. The van der Waals surface area contributed by atoms with E-state index in [-0.39, 0.29) is 11.6 Å². The summed E-state index contributed by atoms with van der Waals surface area (Å²) in [7, 11) is 0.